The zero-order valence-electron chi connectivity index (χ0n) is 15.1. The lowest BCUT2D eigenvalue weighted by atomic mass is 9.99. The zero-order chi connectivity index (χ0) is 20.1. The van der Waals surface area contributed by atoms with Gasteiger partial charge >= 0.3 is 11.9 Å². The third kappa shape index (κ3) is 3.04. The Morgan fingerprint density at radius 3 is 2.46 bits per heavy atom. The van der Waals surface area contributed by atoms with Crippen LogP contribution in [0.2, 0.25) is 0 Å². The minimum atomic E-state index is -3.84. The predicted octanol–water partition coefficient (Wildman–Crippen LogP) is 1.91. The number of rotatable bonds is 4. The number of carboxylic acid groups (broad SMARTS) is 2. The Hall–Kier alpha value is -2.52. The second-order valence-electron chi connectivity index (χ2n) is 7.27. The highest BCUT2D eigenvalue weighted by Crippen LogP contribution is 2.32. The highest BCUT2D eigenvalue weighted by atomic mass is 32.2. The van der Waals surface area contributed by atoms with E-state index < -0.39 is 27.9 Å². The van der Waals surface area contributed by atoms with E-state index in [1.54, 1.807) is 6.07 Å². The number of nitrogens with zero attached hydrogens (tertiary/aromatic N) is 2. The van der Waals surface area contributed by atoms with Crippen molar-refractivity contribution in [3.8, 4) is 0 Å². The molecule has 0 bridgehead atoms. The molecule has 1 aliphatic carbocycles. The fourth-order valence-electron chi connectivity index (χ4n) is 4.14. The lowest BCUT2D eigenvalue weighted by Crippen LogP contribution is -2.40. The van der Waals surface area contributed by atoms with E-state index >= 15 is 0 Å². The van der Waals surface area contributed by atoms with Gasteiger partial charge in [0.2, 0.25) is 10.0 Å². The summed E-state index contributed by atoms with van der Waals surface area (Å²) < 4.78 is 27.3. The van der Waals surface area contributed by atoms with Crippen molar-refractivity contribution < 1.29 is 28.2 Å². The first-order valence-corrected chi connectivity index (χ1v) is 10.6. The molecule has 0 atom stereocenters. The van der Waals surface area contributed by atoms with E-state index in [4.69, 9.17) is 5.11 Å². The molecule has 0 amide bonds. The molecule has 8 nitrogen and oxygen atoms in total. The van der Waals surface area contributed by atoms with Crippen LogP contribution < -0.4 is 0 Å². The molecule has 0 radical (unpaired) electrons. The second-order valence-corrected chi connectivity index (χ2v) is 9.20. The first-order valence-electron chi connectivity index (χ1n) is 9.21. The molecule has 2 aromatic rings. The van der Waals surface area contributed by atoms with Crippen molar-refractivity contribution in [1.29, 1.82) is 0 Å². The van der Waals surface area contributed by atoms with Gasteiger partial charge in [-0.05, 0) is 55.9 Å². The largest absolute Gasteiger partial charge is 0.481 e. The molecule has 4 rings (SSSR count). The average molecular weight is 404 g/mol. The molecule has 1 aromatic heterocycles. The Labute approximate surface area is 161 Å². The summed E-state index contributed by atoms with van der Waals surface area (Å²) >= 11 is 0. The van der Waals surface area contributed by atoms with Gasteiger partial charge in [-0.3, -0.25) is 9.78 Å². The summed E-state index contributed by atoms with van der Waals surface area (Å²) in [5, 5.41) is 19.1. The normalized spacial score (nSPS) is 18.3. The van der Waals surface area contributed by atoms with E-state index in [1.165, 1.54) is 16.4 Å². The molecule has 2 N–H and O–H groups in total. The van der Waals surface area contributed by atoms with E-state index in [2.05, 4.69) is 4.98 Å². The molecule has 28 heavy (non-hydrogen) atoms. The fourth-order valence-corrected chi connectivity index (χ4v) is 5.63. The molecule has 0 saturated carbocycles. The van der Waals surface area contributed by atoms with Crippen molar-refractivity contribution in [3.63, 3.8) is 0 Å². The molecule has 148 valence electrons. The van der Waals surface area contributed by atoms with Crippen LogP contribution in [-0.4, -0.2) is 52.9 Å². The van der Waals surface area contributed by atoms with Crippen LogP contribution in [0.5, 0.6) is 0 Å². The van der Waals surface area contributed by atoms with E-state index in [-0.39, 0.29) is 36.4 Å². The topological polar surface area (TPSA) is 125 Å². The van der Waals surface area contributed by atoms with E-state index in [0.29, 0.717) is 22.9 Å². The Morgan fingerprint density at radius 2 is 1.82 bits per heavy atom. The molecule has 1 fully saturated rings. The van der Waals surface area contributed by atoms with Crippen LogP contribution in [-0.2, 0) is 27.7 Å². The van der Waals surface area contributed by atoms with Gasteiger partial charge in [-0.1, -0.05) is 0 Å². The summed E-state index contributed by atoms with van der Waals surface area (Å²) in [6, 6.07) is 4.39. The number of carboxylic acids is 2. The van der Waals surface area contributed by atoms with Crippen molar-refractivity contribution in [1.82, 2.24) is 9.29 Å². The Morgan fingerprint density at radius 1 is 1.11 bits per heavy atom. The van der Waals surface area contributed by atoms with Crippen molar-refractivity contribution in [2.75, 3.05) is 13.1 Å². The maximum atomic E-state index is 13.0. The number of benzene rings is 1. The maximum Gasteiger partial charge on any atom is 0.336 e. The number of piperidine rings is 1. The third-order valence-corrected chi connectivity index (χ3v) is 7.53. The first kappa shape index (κ1) is 18.8. The summed E-state index contributed by atoms with van der Waals surface area (Å²) in [4.78, 5) is 27.5. The van der Waals surface area contributed by atoms with Crippen LogP contribution in [0.25, 0.3) is 10.9 Å². The molecule has 2 heterocycles. The van der Waals surface area contributed by atoms with Crippen molar-refractivity contribution in [2.45, 2.75) is 37.0 Å². The SMILES string of the molecule is O=C(O)c1c2c(nc3ccc(S(=O)(=O)N4CCC(C(=O)O)CC4)cc13)CCC2. The standard InChI is InChI=1S/C19H20N2O6S/c22-18(23)11-6-8-21(9-7-11)28(26,27)12-4-5-16-14(10-12)17(19(24)25)13-2-1-3-15(13)20-16/h4-5,10-11H,1-3,6-9H2,(H,22,23)(H,24,25). The van der Waals surface area contributed by atoms with Gasteiger partial charge in [-0.25, -0.2) is 13.2 Å². The van der Waals surface area contributed by atoms with Crippen LogP contribution >= 0.6 is 0 Å². The van der Waals surface area contributed by atoms with Gasteiger partial charge in [-0.2, -0.15) is 4.31 Å². The fraction of sp³-hybridized carbons (Fsp3) is 0.421. The molecular weight excluding hydrogens is 384 g/mol. The Bertz CT molecular complexity index is 1090. The van der Waals surface area contributed by atoms with Crippen LogP contribution in [0.4, 0.5) is 0 Å². The summed E-state index contributed by atoms with van der Waals surface area (Å²) in [7, 11) is -3.84. The lowest BCUT2D eigenvalue weighted by Gasteiger charge is -2.29. The average Bonchev–Trinajstić information content (AvgIpc) is 3.13. The number of carbonyl (C=O) groups is 2. The summed E-state index contributed by atoms with van der Waals surface area (Å²) in [6.07, 6.45) is 2.71. The van der Waals surface area contributed by atoms with Crippen molar-refractivity contribution in [3.05, 3.63) is 35.0 Å². The van der Waals surface area contributed by atoms with Gasteiger partial charge in [0.1, 0.15) is 0 Å². The molecular formula is C19H20N2O6S. The second kappa shape index (κ2) is 6.82. The monoisotopic (exact) mass is 404 g/mol. The number of hydrogen-bond acceptors (Lipinski definition) is 5. The number of hydrogen-bond donors (Lipinski definition) is 2. The van der Waals surface area contributed by atoms with Gasteiger partial charge in [0.05, 0.1) is 21.9 Å². The molecule has 1 aliphatic heterocycles. The summed E-state index contributed by atoms with van der Waals surface area (Å²) in [5.41, 5.74) is 2.08. The van der Waals surface area contributed by atoms with E-state index in [9.17, 15) is 23.1 Å². The maximum absolute atomic E-state index is 13.0. The molecule has 9 heteroatoms. The van der Waals surface area contributed by atoms with Crippen LogP contribution in [0.3, 0.4) is 0 Å². The predicted molar refractivity (Wildman–Crippen MR) is 99.8 cm³/mol. The highest BCUT2D eigenvalue weighted by Gasteiger charge is 2.33. The summed E-state index contributed by atoms with van der Waals surface area (Å²) in [5.74, 6) is -2.52. The minimum absolute atomic E-state index is 0.0102. The highest BCUT2D eigenvalue weighted by molar-refractivity contribution is 7.89. The van der Waals surface area contributed by atoms with E-state index in [1.807, 2.05) is 0 Å². The van der Waals surface area contributed by atoms with Crippen LogP contribution in [0, 0.1) is 5.92 Å². The number of aromatic nitrogens is 1. The third-order valence-electron chi connectivity index (χ3n) is 5.64. The van der Waals surface area contributed by atoms with Gasteiger partial charge in [0.15, 0.2) is 0 Å². The smallest absolute Gasteiger partial charge is 0.336 e. The number of pyridine rings is 1. The summed E-state index contributed by atoms with van der Waals surface area (Å²) in [6.45, 7) is 0.261. The molecule has 0 spiro atoms. The Balaban J connectivity index is 1.75. The molecule has 0 unspecified atom stereocenters. The molecule has 2 aliphatic rings. The molecule has 1 saturated heterocycles. The van der Waals surface area contributed by atoms with Crippen molar-refractivity contribution in [2.24, 2.45) is 5.92 Å². The number of aromatic carboxylic acids is 1. The van der Waals surface area contributed by atoms with Crippen LogP contribution in [0.15, 0.2) is 23.1 Å². The molecule has 1 aromatic carbocycles. The number of aliphatic carboxylic acids is 1. The lowest BCUT2D eigenvalue weighted by molar-refractivity contribution is -0.142. The number of fused-ring (bicyclic) bond motifs is 2. The Kier molecular flexibility index (Phi) is 4.59. The van der Waals surface area contributed by atoms with Crippen LogP contribution in [0.1, 0.15) is 40.9 Å². The van der Waals surface area contributed by atoms with Gasteiger partial charge < -0.3 is 10.2 Å². The van der Waals surface area contributed by atoms with Gasteiger partial charge in [0, 0.05) is 24.2 Å². The van der Waals surface area contributed by atoms with E-state index in [0.717, 1.165) is 18.5 Å². The number of aryl methyl sites for hydroxylation is 1. The quantitative estimate of drug-likeness (QED) is 0.797. The first-order chi connectivity index (χ1) is 13.3. The van der Waals surface area contributed by atoms with Gasteiger partial charge in [-0.15, -0.1) is 0 Å². The van der Waals surface area contributed by atoms with Crippen molar-refractivity contribution >= 4 is 32.9 Å². The van der Waals surface area contributed by atoms with Gasteiger partial charge in [0.25, 0.3) is 0 Å². The number of sulfonamides is 1. The zero-order valence-corrected chi connectivity index (χ0v) is 15.9. The minimum Gasteiger partial charge on any atom is -0.481 e.